The van der Waals surface area contributed by atoms with Gasteiger partial charge in [0.1, 0.15) is 0 Å². The zero-order valence-electron chi connectivity index (χ0n) is 19.8. The minimum atomic E-state index is -3.99. The van der Waals surface area contributed by atoms with E-state index in [0.29, 0.717) is 34.2 Å². The van der Waals surface area contributed by atoms with Crippen LogP contribution in [0.2, 0.25) is 5.02 Å². The molecule has 2 aromatic rings. The molecule has 1 saturated carbocycles. The van der Waals surface area contributed by atoms with E-state index in [1.807, 2.05) is 6.07 Å². The van der Waals surface area contributed by atoms with Crippen LogP contribution in [0.5, 0.6) is 0 Å². The first-order chi connectivity index (χ1) is 16.8. The maximum absolute atomic E-state index is 14.4. The van der Waals surface area contributed by atoms with Crippen molar-refractivity contribution in [2.24, 2.45) is 11.8 Å². The third kappa shape index (κ3) is 5.33. The van der Waals surface area contributed by atoms with Crippen molar-refractivity contribution in [1.82, 2.24) is 4.31 Å². The molecular formula is C27H32ClNO4S2. The SMILES string of the molecule is C=CCS[C@H]1[C@@H](C(=O)O)[C@H](c2ccc(Cl)cc2)N(S(=O)(=O)c2ccccc2C)[C@@H]1CC1CCCC1. The largest absolute Gasteiger partial charge is 0.481 e. The summed E-state index contributed by atoms with van der Waals surface area (Å²) in [5.74, 6) is -0.933. The predicted octanol–water partition coefficient (Wildman–Crippen LogP) is 6.33. The third-order valence-electron chi connectivity index (χ3n) is 7.28. The van der Waals surface area contributed by atoms with E-state index in [1.54, 1.807) is 55.5 Å². The number of benzene rings is 2. The van der Waals surface area contributed by atoms with Gasteiger partial charge in [-0.1, -0.05) is 73.7 Å². The molecule has 5 nitrogen and oxygen atoms in total. The summed E-state index contributed by atoms with van der Waals surface area (Å²) in [5.41, 5.74) is 1.30. The maximum atomic E-state index is 14.4. The molecule has 2 fully saturated rings. The molecule has 1 aliphatic heterocycles. The number of thioether (sulfide) groups is 1. The first-order valence-electron chi connectivity index (χ1n) is 12.1. The Hall–Kier alpha value is -1.80. The molecule has 4 rings (SSSR count). The Morgan fingerprint density at radius 3 is 2.43 bits per heavy atom. The van der Waals surface area contributed by atoms with Crippen LogP contribution in [0.1, 0.15) is 49.3 Å². The smallest absolute Gasteiger partial charge is 0.309 e. The van der Waals surface area contributed by atoms with Crippen molar-refractivity contribution in [2.75, 3.05) is 5.75 Å². The number of aliphatic carboxylic acids is 1. The molecule has 2 aromatic carbocycles. The Kier molecular flexibility index (Phi) is 8.31. The van der Waals surface area contributed by atoms with Gasteiger partial charge < -0.3 is 5.11 Å². The van der Waals surface area contributed by atoms with Crippen molar-refractivity contribution in [3.63, 3.8) is 0 Å². The lowest BCUT2D eigenvalue weighted by molar-refractivity contribution is -0.142. The topological polar surface area (TPSA) is 74.7 Å². The van der Waals surface area contributed by atoms with Gasteiger partial charge in [0, 0.05) is 22.1 Å². The fourth-order valence-electron chi connectivity index (χ4n) is 5.72. The first kappa shape index (κ1) is 26.3. The Morgan fingerprint density at radius 1 is 1.17 bits per heavy atom. The van der Waals surface area contributed by atoms with Crippen LogP contribution in [-0.2, 0) is 14.8 Å². The summed E-state index contributed by atoms with van der Waals surface area (Å²) in [7, 11) is -3.99. The minimum Gasteiger partial charge on any atom is -0.481 e. The van der Waals surface area contributed by atoms with Gasteiger partial charge in [0.05, 0.1) is 16.9 Å². The predicted molar refractivity (Wildman–Crippen MR) is 142 cm³/mol. The van der Waals surface area contributed by atoms with Crippen LogP contribution >= 0.6 is 23.4 Å². The summed E-state index contributed by atoms with van der Waals surface area (Å²) in [6, 6.07) is 12.6. The number of aryl methyl sites for hydroxylation is 1. The Bertz CT molecular complexity index is 1160. The van der Waals surface area contributed by atoms with E-state index in [-0.39, 0.29) is 4.90 Å². The number of sulfonamides is 1. The lowest BCUT2D eigenvalue weighted by atomic mass is 9.91. The van der Waals surface area contributed by atoms with Gasteiger partial charge in [-0.2, -0.15) is 16.1 Å². The molecule has 0 bridgehead atoms. The maximum Gasteiger partial charge on any atom is 0.309 e. The van der Waals surface area contributed by atoms with E-state index in [0.717, 1.165) is 25.7 Å². The number of hydrogen-bond donors (Lipinski definition) is 1. The molecule has 188 valence electrons. The average Bonchev–Trinajstić information content (AvgIpc) is 3.45. The highest BCUT2D eigenvalue weighted by Gasteiger charge is 2.57. The second kappa shape index (κ2) is 11.1. The fourth-order valence-corrected chi connectivity index (χ4v) is 9.30. The van der Waals surface area contributed by atoms with Crippen molar-refractivity contribution in [2.45, 2.75) is 61.3 Å². The van der Waals surface area contributed by atoms with Crippen LogP contribution in [0.15, 0.2) is 66.1 Å². The third-order valence-corrected chi connectivity index (χ3v) is 11.0. The van der Waals surface area contributed by atoms with E-state index in [4.69, 9.17) is 11.6 Å². The quantitative estimate of drug-likeness (QED) is 0.381. The number of hydrogen-bond acceptors (Lipinski definition) is 4. The molecule has 0 spiro atoms. The molecule has 1 saturated heterocycles. The second-order valence-corrected chi connectivity index (χ2v) is 13.0. The minimum absolute atomic E-state index is 0.230. The van der Waals surface area contributed by atoms with Gasteiger partial charge in [0.15, 0.2) is 0 Å². The fraction of sp³-hybridized carbons (Fsp3) is 0.444. The number of carboxylic acid groups (broad SMARTS) is 1. The van der Waals surface area contributed by atoms with Crippen molar-refractivity contribution in [3.8, 4) is 0 Å². The lowest BCUT2D eigenvalue weighted by Crippen LogP contribution is -2.41. The number of carboxylic acids is 1. The number of halogens is 1. The molecule has 2 aliphatic rings. The first-order valence-corrected chi connectivity index (χ1v) is 14.9. The highest BCUT2D eigenvalue weighted by Crippen LogP contribution is 2.52. The number of carbonyl (C=O) groups is 1. The number of rotatable bonds is 9. The van der Waals surface area contributed by atoms with Crippen LogP contribution in [0, 0.1) is 18.8 Å². The molecule has 0 amide bonds. The van der Waals surface area contributed by atoms with E-state index >= 15 is 0 Å². The molecule has 8 heteroatoms. The van der Waals surface area contributed by atoms with Gasteiger partial charge in [-0.25, -0.2) is 8.42 Å². The van der Waals surface area contributed by atoms with Crippen LogP contribution in [0.3, 0.4) is 0 Å². The van der Waals surface area contributed by atoms with Gasteiger partial charge >= 0.3 is 5.97 Å². The van der Waals surface area contributed by atoms with Crippen LogP contribution in [0.4, 0.5) is 0 Å². The zero-order chi connectivity index (χ0) is 25.2. The Balaban J connectivity index is 1.91. The molecule has 0 radical (unpaired) electrons. The van der Waals surface area contributed by atoms with Crippen LogP contribution in [0.25, 0.3) is 0 Å². The lowest BCUT2D eigenvalue weighted by Gasteiger charge is -2.32. The van der Waals surface area contributed by atoms with Crippen molar-refractivity contribution >= 4 is 39.4 Å². The van der Waals surface area contributed by atoms with Crippen LogP contribution in [-0.4, -0.2) is 40.8 Å². The van der Waals surface area contributed by atoms with Crippen molar-refractivity contribution < 1.29 is 18.3 Å². The molecule has 0 aromatic heterocycles. The van der Waals surface area contributed by atoms with Gasteiger partial charge in [-0.15, -0.1) is 6.58 Å². The average molecular weight is 534 g/mol. The van der Waals surface area contributed by atoms with Gasteiger partial charge in [-0.3, -0.25) is 4.79 Å². The Morgan fingerprint density at radius 2 is 1.83 bits per heavy atom. The standard InChI is InChI=1S/C27H32ClNO4S2/c1-3-16-34-26-22(17-19-9-5-6-10-19)29(35(32,33)23-11-7-4-8-18(23)2)25(24(26)27(30)31)20-12-14-21(28)15-13-20/h3-4,7-8,11-15,19,22,24-26H,1,5-6,9-10,16-17H2,2H3,(H,30,31)/t22-,24+,25+,26-/m1/s1. The normalized spacial score (nSPS) is 25.7. The zero-order valence-corrected chi connectivity index (χ0v) is 22.2. The van der Waals surface area contributed by atoms with E-state index < -0.39 is 39.2 Å². The second-order valence-electron chi connectivity index (χ2n) is 9.50. The highest BCUT2D eigenvalue weighted by molar-refractivity contribution is 8.00. The van der Waals surface area contributed by atoms with E-state index in [1.165, 1.54) is 16.1 Å². The summed E-state index contributed by atoms with van der Waals surface area (Å²) >= 11 is 7.64. The number of nitrogens with zero attached hydrogens (tertiary/aromatic N) is 1. The molecule has 35 heavy (non-hydrogen) atoms. The summed E-state index contributed by atoms with van der Waals surface area (Å²) in [4.78, 5) is 13.0. The Labute approximate surface area is 217 Å². The molecule has 0 unspecified atom stereocenters. The van der Waals surface area contributed by atoms with Gasteiger partial charge in [0.25, 0.3) is 0 Å². The summed E-state index contributed by atoms with van der Waals surface area (Å²) in [6.07, 6.45) is 6.79. The molecule has 4 atom stereocenters. The van der Waals surface area contributed by atoms with E-state index in [2.05, 4.69) is 6.58 Å². The van der Waals surface area contributed by atoms with Gasteiger partial charge in [0.2, 0.25) is 10.0 Å². The van der Waals surface area contributed by atoms with Crippen molar-refractivity contribution in [1.29, 1.82) is 0 Å². The summed E-state index contributed by atoms with van der Waals surface area (Å²) < 4.78 is 30.2. The van der Waals surface area contributed by atoms with Crippen molar-refractivity contribution in [3.05, 3.63) is 77.3 Å². The summed E-state index contributed by atoms with van der Waals surface area (Å²) in [5, 5.41) is 10.6. The molecule has 1 aliphatic carbocycles. The van der Waals surface area contributed by atoms with Gasteiger partial charge in [-0.05, 0) is 48.6 Å². The van der Waals surface area contributed by atoms with E-state index in [9.17, 15) is 18.3 Å². The highest BCUT2D eigenvalue weighted by atomic mass is 35.5. The monoisotopic (exact) mass is 533 g/mol. The molecule has 1 N–H and O–H groups in total. The molecular weight excluding hydrogens is 502 g/mol. The summed E-state index contributed by atoms with van der Waals surface area (Å²) in [6.45, 7) is 5.60. The molecule has 1 heterocycles. The van der Waals surface area contributed by atoms with Crippen LogP contribution < -0.4 is 0 Å².